The van der Waals surface area contributed by atoms with Gasteiger partial charge in [0, 0.05) is 11.5 Å². The van der Waals surface area contributed by atoms with Crippen molar-refractivity contribution in [1.82, 2.24) is 5.48 Å². The molecule has 2 aromatic rings. The van der Waals surface area contributed by atoms with Gasteiger partial charge in [-0.05, 0) is 35.8 Å². The molecule has 0 saturated carbocycles. The van der Waals surface area contributed by atoms with Crippen molar-refractivity contribution in [2.45, 2.75) is 25.9 Å². The lowest BCUT2D eigenvalue weighted by Gasteiger charge is -2.20. The Kier molecular flexibility index (Phi) is 5.73. The molecule has 0 fully saturated rings. The summed E-state index contributed by atoms with van der Waals surface area (Å²) in [5, 5.41) is 30.5. The Morgan fingerprint density at radius 1 is 1.22 bits per heavy atom. The number of hydrogen-bond donors (Lipinski definition) is 4. The van der Waals surface area contributed by atoms with Crippen molar-refractivity contribution in [3.63, 3.8) is 0 Å². The Labute approximate surface area is 134 Å². The van der Waals surface area contributed by atoms with Gasteiger partial charge in [-0.3, -0.25) is 10.0 Å². The number of fused-ring (bicyclic) bond motifs is 1. The fourth-order valence-corrected chi connectivity index (χ4v) is 2.62. The van der Waals surface area contributed by atoms with Crippen LogP contribution in [0.3, 0.4) is 0 Å². The van der Waals surface area contributed by atoms with E-state index in [1.54, 1.807) is 18.2 Å². The number of phenols is 1. The van der Waals surface area contributed by atoms with Gasteiger partial charge in [-0.1, -0.05) is 43.3 Å². The van der Waals surface area contributed by atoms with Crippen molar-refractivity contribution < 1.29 is 20.2 Å². The van der Waals surface area contributed by atoms with Crippen molar-refractivity contribution in [1.29, 1.82) is 0 Å². The van der Waals surface area contributed by atoms with Crippen molar-refractivity contribution >= 4 is 16.7 Å². The van der Waals surface area contributed by atoms with Crippen LogP contribution in [-0.4, -0.2) is 21.3 Å². The lowest BCUT2D eigenvalue weighted by molar-refractivity contribution is -0.124. The molecule has 0 aliphatic carbocycles. The SMILES string of the molecule is C[C@H](CC/C=C/C(=O)NO)[C@H](O)c1ccc(O)c2ccccc12. The molecule has 2 rings (SSSR count). The number of aliphatic hydroxyl groups excluding tert-OH is 1. The molecular weight excluding hydrogens is 294 g/mol. The van der Waals surface area contributed by atoms with Crippen LogP contribution in [0.15, 0.2) is 48.6 Å². The zero-order valence-electron chi connectivity index (χ0n) is 12.9. The number of carbonyl (C=O) groups excluding carboxylic acids is 1. The largest absolute Gasteiger partial charge is 0.507 e. The Morgan fingerprint density at radius 3 is 2.61 bits per heavy atom. The normalized spacial score (nSPS) is 14.0. The number of phenolic OH excluding ortho intramolecular Hbond substituents is 1. The van der Waals surface area contributed by atoms with E-state index in [2.05, 4.69) is 0 Å². The van der Waals surface area contributed by atoms with E-state index >= 15 is 0 Å². The molecule has 4 N–H and O–H groups in total. The first kappa shape index (κ1) is 17.0. The highest BCUT2D eigenvalue weighted by atomic mass is 16.5. The molecule has 5 nitrogen and oxygen atoms in total. The average Bonchev–Trinajstić information content (AvgIpc) is 2.58. The minimum atomic E-state index is -0.666. The first-order valence-corrected chi connectivity index (χ1v) is 7.54. The smallest absolute Gasteiger partial charge is 0.267 e. The summed E-state index contributed by atoms with van der Waals surface area (Å²) in [6, 6.07) is 10.8. The molecule has 0 radical (unpaired) electrons. The van der Waals surface area contributed by atoms with E-state index in [0.29, 0.717) is 12.8 Å². The van der Waals surface area contributed by atoms with Crippen LogP contribution in [0, 0.1) is 5.92 Å². The maximum Gasteiger partial charge on any atom is 0.267 e. The van der Waals surface area contributed by atoms with Gasteiger partial charge in [-0.15, -0.1) is 0 Å². The first-order valence-electron chi connectivity index (χ1n) is 7.54. The van der Waals surface area contributed by atoms with Crippen LogP contribution in [0.2, 0.25) is 0 Å². The van der Waals surface area contributed by atoms with Gasteiger partial charge in [-0.25, -0.2) is 5.48 Å². The van der Waals surface area contributed by atoms with Crippen molar-refractivity contribution in [3.8, 4) is 5.75 Å². The molecule has 0 bridgehead atoms. The lowest BCUT2D eigenvalue weighted by atomic mass is 9.90. The second kappa shape index (κ2) is 7.76. The minimum absolute atomic E-state index is 0.0233. The quantitative estimate of drug-likeness (QED) is 0.375. The fraction of sp³-hybridized carbons (Fsp3) is 0.278. The predicted octanol–water partition coefficient (Wildman–Crippen LogP) is 3.06. The van der Waals surface area contributed by atoms with Gasteiger partial charge >= 0.3 is 0 Å². The number of aliphatic hydroxyl groups is 1. The van der Waals surface area contributed by atoms with Gasteiger partial charge in [0.25, 0.3) is 5.91 Å². The zero-order valence-corrected chi connectivity index (χ0v) is 12.9. The van der Waals surface area contributed by atoms with Crippen LogP contribution in [-0.2, 0) is 4.79 Å². The fourth-order valence-electron chi connectivity index (χ4n) is 2.62. The van der Waals surface area contributed by atoms with Crippen LogP contribution in [0.5, 0.6) is 5.75 Å². The highest BCUT2D eigenvalue weighted by Crippen LogP contribution is 2.34. The third-order valence-corrected chi connectivity index (χ3v) is 3.96. The number of benzene rings is 2. The third kappa shape index (κ3) is 4.09. The molecule has 2 atom stereocenters. The van der Waals surface area contributed by atoms with Gasteiger partial charge in [0.05, 0.1) is 6.10 Å². The number of amides is 1. The molecule has 122 valence electrons. The first-order chi connectivity index (χ1) is 11.0. The van der Waals surface area contributed by atoms with Crippen molar-refractivity contribution in [2.75, 3.05) is 0 Å². The van der Waals surface area contributed by atoms with E-state index in [-0.39, 0.29) is 11.7 Å². The number of carbonyl (C=O) groups is 1. The van der Waals surface area contributed by atoms with Gasteiger partial charge in [0.1, 0.15) is 5.75 Å². The molecule has 0 spiro atoms. The number of rotatable bonds is 6. The molecule has 0 heterocycles. The van der Waals surface area contributed by atoms with Gasteiger partial charge in [0.15, 0.2) is 0 Å². The minimum Gasteiger partial charge on any atom is -0.507 e. The summed E-state index contributed by atoms with van der Waals surface area (Å²) < 4.78 is 0. The number of allylic oxidation sites excluding steroid dienone is 1. The van der Waals surface area contributed by atoms with Crippen LogP contribution in [0.4, 0.5) is 0 Å². The highest BCUT2D eigenvalue weighted by molar-refractivity contribution is 5.91. The molecule has 0 aliphatic heterocycles. The van der Waals surface area contributed by atoms with Crippen LogP contribution >= 0.6 is 0 Å². The molecule has 0 aliphatic rings. The monoisotopic (exact) mass is 315 g/mol. The number of aromatic hydroxyl groups is 1. The van der Waals surface area contributed by atoms with E-state index in [0.717, 1.165) is 16.3 Å². The number of hydroxylamine groups is 1. The summed E-state index contributed by atoms with van der Waals surface area (Å²) in [7, 11) is 0. The molecule has 1 amide bonds. The Balaban J connectivity index is 2.11. The van der Waals surface area contributed by atoms with E-state index in [1.165, 1.54) is 11.6 Å². The van der Waals surface area contributed by atoms with Crippen molar-refractivity contribution in [3.05, 3.63) is 54.1 Å². The standard InChI is InChI=1S/C18H21NO4/c1-12(6-2-5-9-17(21)19-23)18(22)15-10-11-16(20)14-8-4-3-7-13(14)15/h3-5,7-12,18,20,22-23H,2,6H2,1H3,(H,19,21)/b9-5+/t12-,18+/m1/s1. The van der Waals surface area contributed by atoms with Crippen LogP contribution in [0.1, 0.15) is 31.4 Å². The molecule has 23 heavy (non-hydrogen) atoms. The topological polar surface area (TPSA) is 89.8 Å². The summed E-state index contributed by atoms with van der Waals surface area (Å²) in [6.07, 6.45) is 3.55. The average molecular weight is 315 g/mol. The summed E-state index contributed by atoms with van der Waals surface area (Å²) in [4.78, 5) is 10.9. The van der Waals surface area contributed by atoms with E-state index in [4.69, 9.17) is 5.21 Å². The van der Waals surface area contributed by atoms with E-state index in [9.17, 15) is 15.0 Å². The Hall–Kier alpha value is -2.37. The second-order valence-electron chi connectivity index (χ2n) is 5.60. The number of nitrogens with one attached hydrogen (secondary N) is 1. The molecule has 5 heteroatoms. The van der Waals surface area contributed by atoms with E-state index < -0.39 is 12.0 Å². The molecule has 0 saturated heterocycles. The molecule has 2 aromatic carbocycles. The second-order valence-corrected chi connectivity index (χ2v) is 5.60. The number of hydrogen-bond acceptors (Lipinski definition) is 4. The summed E-state index contributed by atoms with van der Waals surface area (Å²) >= 11 is 0. The predicted molar refractivity (Wildman–Crippen MR) is 88.0 cm³/mol. The van der Waals surface area contributed by atoms with Gasteiger partial charge in [0.2, 0.25) is 0 Å². The third-order valence-electron chi connectivity index (χ3n) is 3.96. The zero-order chi connectivity index (χ0) is 16.8. The van der Waals surface area contributed by atoms with Gasteiger partial charge in [-0.2, -0.15) is 0 Å². The lowest BCUT2D eigenvalue weighted by Crippen LogP contribution is -2.15. The van der Waals surface area contributed by atoms with Crippen LogP contribution < -0.4 is 5.48 Å². The summed E-state index contributed by atoms with van der Waals surface area (Å²) in [5.74, 6) is -0.394. The van der Waals surface area contributed by atoms with E-state index in [1.807, 2.05) is 31.2 Å². The molecule has 0 unspecified atom stereocenters. The maximum atomic E-state index is 10.9. The van der Waals surface area contributed by atoms with Gasteiger partial charge < -0.3 is 10.2 Å². The Bertz CT molecular complexity index is 711. The molecular formula is C18H21NO4. The summed E-state index contributed by atoms with van der Waals surface area (Å²) in [6.45, 7) is 1.94. The highest BCUT2D eigenvalue weighted by Gasteiger charge is 2.18. The van der Waals surface area contributed by atoms with Crippen LogP contribution in [0.25, 0.3) is 10.8 Å². The Morgan fingerprint density at radius 2 is 1.91 bits per heavy atom. The maximum absolute atomic E-state index is 10.9. The van der Waals surface area contributed by atoms with Crippen molar-refractivity contribution in [2.24, 2.45) is 5.92 Å². The summed E-state index contributed by atoms with van der Waals surface area (Å²) in [5.41, 5.74) is 2.31. The molecule has 0 aromatic heterocycles.